The van der Waals surface area contributed by atoms with Gasteiger partial charge in [0, 0.05) is 6.54 Å². The number of aliphatic hydroxyl groups is 1. The van der Waals surface area contributed by atoms with Crippen LogP contribution in [0.2, 0.25) is 0 Å². The molecule has 0 aliphatic carbocycles. The molecule has 0 aliphatic heterocycles. The van der Waals surface area contributed by atoms with Crippen LogP contribution in [0.25, 0.3) is 0 Å². The number of carbonyl (C=O) groups excluding carboxylic acids is 1. The summed E-state index contributed by atoms with van der Waals surface area (Å²) in [5, 5.41) is 14.1. The van der Waals surface area contributed by atoms with E-state index in [-0.39, 0.29) is 11.6 Å². The first-order chi connectivity index (χ1) is 9.68. The Labute approximate surface area is 120 Å². The lowest BCUT2D eigenvalue weighted by Gasteiger charge is -2.14. The maximum absolute atomic E-state index is 12.3. The number of nitrogens with zero attached hydrogens (tertiary/aromatic N) is 1. The molecule has 2 amide bonds. The molecule has 0 saturated heterocycles. The molecule has 2 atom stereocenters. The van der Waals surface area contributed by atoms with Gasteiger partial charge in [-0.2, -0.15) is 13.2 Å². The van der Waals surface area contributed by atoms with Gasteiger partial charge in [-0.15, -0.1) is 0 Å². The van der Waals surface area contributed by atoms with Gasteiger partial charge in [-0.1, -0.05) is 6.92 Å². The van der Waals surface area contributed by atoms with E-state index >= 15 is 0 Å². The van der Waals surface area contributed by atoms with Crippen LogP contribution in [0, 0.1) is 5.92 Å². The Morgan fingerprint density at radius 2 is 2.05 bits per heavy atom. The van der Waals surface area contributed by atoms with Crippen LogP contribution in [-0.2, 0) is 6.18 Å². The molecule has 1 heterocycles. The molecular formula is C13H18F3N3O2. The number of nitrogens with one attached hydrogen (secondary N) is 2. The fourth-order valence-electron chi connectivity index (χ4n) is 1.74. The fraction of sp³-hybridized carbons (Fsp3) is 0.538. The number of aromatic nitrogens is 1. The molecule has 1 aromatic heterocycles. The molecule has 2 unspecified atom stereocenters. The monoisotopic (exact) mass is 305 g/mol. The van der Waals surface area contributed by atoms with Crippen molar-refractivity contribution < 1.29 is 23.1 Å². The third-order valence-electron chi connectivity index (χ3n) is 2.67. The third-order valence-corrected chi connectivity index (χ3v) is 2.67. The average Bonchev–Trinajstić information content (AvgIpc) is 2.35. The Morgan fingerprint density at radius 1 is 1.38 bits per heavy atom. The van der Waals surface area contributed by atoms with E-state index in [0.717, 1.165) is 18.3 Å². The van der Waals surface area contributed by atoms with E-state index < -0.39 is 24.0 Å². The molecule has 0 radical (unpaired) electrons. The van der Waals surface area contributed by atoms with E-state index in [1.807, 2.05) is 6.92 Å². The van der Waals surface area contributed by atoms with Gasteiger partial charge < -0.3 is 15.7 Å². The maximum atomic E-state index is 12.3. The van der Waals surface area contributed by atoms with Crippen molar-refractivity contribution in [3.05, 3.63) is 24.0 Å². The number of hydrogen-bond donors (Lipinski definition) is 3. The lowest BCUT2D eigenvalue weighted by atomic mass is 10.1. The van der Waals surface area contributed by atoms with E-state index in [1.165, 1.54) is 0 Å². The molecule has 0 aromatic carbocycles. The zero-order valence-electron chi connectivity index (χ0n) is 11.7. The molecule has 0 spiro atoms. The van der Waals surface area contributed by atoms with Crippen LogP contribution in [0.3, 0.4) is 0 Å². The zero-order chi connectivity index (χ0) is 16.0. The number of halogens is 3. The standard InChI is InChI=1S/C13H18F3N3O2/c1-8(5-9(2)20)6-18-12(21)19-10-3-4-11(17-7-10)13(14,15)16/h3-4,7-9,20H,5-6H2,1-2H3,(H2,18,19,21). The second-order valence-corrected chi connectivity index (χ2v) is 4.95. The number of rotatable bonds is 5. The number of anilines is 1. The normalized spacial score (nSPS) is 14.4. The van der Waals surface area contributed by atoms with Crippen molar-refractivity contribution >= 4 is 11.7 Å². The van der Waals surface area contributed by atoms with Gasteiger partial charge >= 0.3 is 12.2 Å². The Hall–Kier alpha value is -1.83. The molecule has 1 aromatic rings. The zero-order valence-corrected chi connectivity index (χ0v) is 11.7. The van der Waals surface area contributed by atoms with Crippen molar-refractivity contribution in [1.29, 1.82) is 0 Å². The van der Waals surface area contributed by atoms with E-state index in [1.54, 1.807) is 6.92 Å². The third kappa shape index (κ3) is 6.44. The first kappa shape index (κ1) is 17.2. The summed E-state index contributed by atoms with van der Waals surface area (Å²) in [4.78, 5) is 14.8. The predicted molar refractivity (Wildman–Crippen MR) is 71.7 cm³/mol. The fourth-order valence-corrected chi connectivity index (χ4v) is 1.74. The summed E-state index contributed by atoms with van der Waals surface area (Å²) >= 11 is 0. The number of hydrogen-bond acceptors (Lipinski definition) is 3. The summed E-state index contributed by atoms with van der Waals surface area (Å²) < 4.78 is 36.9. The largest absolute Gasteiger partial charge is 0.433 e. The van der Waals surface area contributed by atoms with Gasteiger partial charge in [-0.3, -0.25) is 0 Å². The van der Waals surface area contributed by atoms with Crippen molar-refractivity contribution in [2.45, 2.75) is 32.5 Å². The Kier molecular flexibility index (Phi) is 5.95. The van der Waals surface area contributed by atoms with E-state index in [0.29, 0.717) is 13.0 Å². The molecule has 0 bridgehead atoms. The van der Waals surface area contributed by atoms with Crippen LogP contribution in [0.1, 0.15) is 26.0 Å². The second kappa shape index (κ2) is 7.26. The first-order valence-corrected chi connectivity index (χ1v) is 6.44. The topological polar surface area (TPSA) is 74.2 Å². The van der Waals surface area contributed by atoms with Crippen LogP contribution in [0.15, 0.2) is 18.3 Å². The number of pyridine rings is 1. The highest BCUT2D eigenvalue weighted by Gasteiger charge is 2.32. The van der Waals surface area contributed by atoms with Gasteiger partial charge in [0.25, 0.3) is 0 Å². The maximum Gasteiger partial charge on any atom is 0.433 e. The highest BCUT2D eigenvalue weighted by Crippen LogP contribution is 2.27. The summed E-state index contributed by atoms with van der Waals surface area (Å²) in [6, 6.07) is 1.40. The molecule has 21 heavy (non-hydrogen) atoms. The predicted octanol–water partition coefficient (Wildman–Crippen LogP) is 2.63. The Morgan fingerprint density at radius 3 is 2.52 bits per heavy atom. The average molecular weight is 305 g/mol. The molecule has 5 nitrogen and oxygen atoms in total. The van der Waals surface area contributed by atoms with Crippen LogP contribution in [0.4, 0.5) is 23.7 Å². The summed E-state index contributed by atoms with van der Waals surface area (Å²) in [6.45, 7) is 3.88. The minimum absolute atomic E-state index is 0.0847. The number of amides is 2. The van der Waals surface area contributed by atoms with Gasteiger partial charge in [0.05, 0.1) is 18.0 Å². The first-order valence-electron chi connectivity index (χ1n) is 6.44. The molecular weight excluding hydrogens is 287 g/mol. The van der Waals surface area contributed by atoms with E-state index in [4.69, 9.17) is 0 Å². The van der Waals surface area contributed by atoms with Gasteiger partial charge in [-0.05, 0) is 31.4 Å². The minimum atomic E-state index is -4.50. The highest BCUT2D eigenvalue weighted by molar-refractivity contribution is 5.88. The SMILES string of the molecule is CC(O)CC(C)CNC(=O)Nc1ccc(C(F)(F)F)nc1. The molecule has 1 rings (SSSR count). The Balaban J connectivity index is 2.45. The molecule has 0 aliphatic rings. The molecule has 118 valence electrons. The van der Waals surface area contributed by atoms with Crippen LogP contribution >= 0.6 is 0 Å². The van der Waals surface area contributed by atoms with Crippen molar-refractivity contribution in [1.82, 2.24) is 10.3 Å². The van der Waals surface area contributed by atoms with Gasteiger partial charge in [-0.25, -0.2) is 9.78 Å². The number of carbonyl (C=O) groups is 1. The lowest BCUT2D eigenvalue weighted by Crippen LogP contribution is -2.33. The van der Waals surface area contributed by atoms with Crippen molar-refractivity contribution in [2.75, 3.05) is 11.9 Å². The van der Waals surface area contributed by atoms with Gasteiger partial charge in [0.2, 0.25) is 0 Å². The lowest BCUT2D eigenvalue weighted by molar-refractivity contribution is -0.141. The van der Waals surface area contributed by atoms with Crippen LogP contribution < -0.4 is 10.6 Å². The number of alkyl halides is 3. The summed E-state index contributed by atoms with van der Waals surface area (Å²) in [6.07, 6.45) is -3.47. The van der Waals surface area contributed by atoms with Gasteiger partial charge in [0.1, 0.15) is 5.69 Å². The molecule has 0 fully saturated rings. The Bertz CT molecular complexity index is 461. The van der Waals surface area contributed by atoms with E-state index in [2.05, 4.69) is 15.6 Å². The summed E-state index contributed by atoms with van der Waals surface area (Å²) in [7, 11) is 0. The smallest absolute Gasteiger partial charge is 0.393 e. The quantitative estimate of drug-likeness (QED) is 0.783. The molecule has 3 N–H and O–H groups in total. The van der Waals surface area contributed by atoms with Crippen LogP contribution in [0.5, 0.6) is 0 Å². The number of aliphatic hydroxyl groups excluding tert-OH is 1. The summed E-state index contributed by atoms with van der Waals surface area (Å²) in [5.74, 6) is 0.0847. The van der Waals surface area contributed by atoms with Crippen molar-refractivity contribution in [3.8, 4) is 0 Å². The number of urea groups is 1. The van der Waals surface area contributed by atoms with E-state index in [9.17, 15) is 23.1 Å². The minimum Gasteiger partial charge on any atom is -0.393 e. The van der Waals surface area contributed by atoms with Crippen LogP contribution in [-0.4, -0.2) is 28.8 Å². The molecule has 8 heteroatoms. The van der Waals surface area contributed by atoms with Crippen molar-refractivity contribution in [3.63, 3.8) is 0 Å². The second-order valence-electron chi connectivity index (χ2n) is 4.95. The molecule has 0 saturated carbocycles. The van der Waals surface area contributed by atoms with Gasteiger partial charge in [0.15, 0.2) is 0 Å². The summed E-state index contributed by atoms with van der Waals surface area (Å²) in [5.41, 5.74) is -0.845. The highest BCUT2D eigenvalue weighted by atomic mass is 19.4. The van der Waals surface area contributed by atoms with Crippen molar-refractivity contribution in [2.24, 2.45) is 5.92 Å².